The molecule has 8 rings (SSSR count). The van der Waals surface area contributed by atoms with E-state index in [1.807, 2.05) is 54.6 Å². The molecule has 0 aliphatic carbocycles. The maximum Gasteiger partial charge on any atom is 0.293 e. The molecule has 3 fully saturated rings. The molecular formula is C50H59N7O8S2. The first-order valence-electron chi connectivity index (χ1n) is 23.0. The van der Waals surface area contributed by atoms with Crippen molar-refractivity contribution >= 4 is 44.8 Å². The number of thioether (sulfide) groups is 1. The fourth-order valence-corrected chi connectivity index (χ4v) is 10.5. The first kappa shape index (κ1) is 47.9. The van der Waals surface area contributed by atoms with Gasteiger partial charge in [0.05, 0.1) is 36.2 Å². The predicted molar refractivity (Wildman–Crippen MR) is 263 cm³/mol. The molecule has 5 aromatic carbocycles. The summed E-state index contributed by atoms with van der Waals surface area (Å²) < 4.78 is 46.1. The number of nitro benzene ring substituents is 1. The summed E-state index contributed by atoms with van der Waals surface area (Å²) >= 11 is 1.64. The lowest BCUT2D eigenvalue weighted by atomic mass is 9.99. The van der Waals surface area contributed by atoms with Gasteiger partial charge >= 0.3 is 0 Å². The first-order chi connectivity index (χ1) is 32.7. The number of ether oxygens (including phenoxy) is 3. The minimum atomic E-state index is -4.45. The van der Waals surface area contributed by atoms with Crippen molar-refractivity contribution in [3.8, 4) is 16.9 Å². The number of nitrogens with zero attached hydrogens (tertiary/aromatic N) is 5. The van der Waals surface area contributed by atoms with Crippen LogP contribution >= 0.6 is 11.8 Å². The monoisotopic (exact) mass is 949 g/mol. The van der Waals surface area contributed by atoms with E-state index in [2.05, 4.69) is 66.0 Å². The number of piperazine rings is 1. The zero-order valence-electron chi connectivity index (χ0n) is 37.7. The summed E-state index contributed by atoms with van der Waals surface area (Å²) in [5.74, 6) is 0.670. The average Bonchev–Trinajstić information content (AvgIpc) is 3.36. The molecule has 0 unspecified atom stereocenters. The highest BCUT2D eigenvalue weighted by Crippen LogP contribution is 2.31. The van der Waals surface area contributed by atoms with Crippen molar-refractivity contribution in [1.29, 1.82) is 0 Å². The Labute approximate surface area is 397 Å². The van der Waals surface area contributed by atoms with Crippen LogP contribution in [0.3, 0.4) is 0 Å². The van der Waals surface area contributed by atoms with Crippen molar-refractivity contribution in [1.82, 2.24) is 19.4 Å². The van der Waals surface area contributed by atoms with Gasteiger partial charge in [-0.25, -0.2) is 13.1 Å². The van der Waals surface area contributed by atoms with Crippen LogP contribution in [0.15, 0.2) is 131 Å². The Morgan fingerprint density at radius 2 is 1.40 bits per heavy atom. The summed E-state index contributed by atoms with van der Waals surface area (Å²) in [5.41, 5.74) is 4.49. The highest BCUT2D eigenvalue weighted by Gasteiger charge is 2.26. The second-order valence-corrected chi connectivity index (χ2v) is 19.6. The van der Waals surface area contributed by atoms with Crippen LogP contribution in [0.25, 0.3) is 11.1 Å². The van der Waals surface area contributed by atoms with Crippen LogP contribution in [0.4, 0.5) is 17.1 Å². The maximum absolute atomic E-state index is 13.5. The second-order valence-electron chi connectivity index (χ2n) is 16.9. The van der Waals surface area contributed by atoms with Gasteiger partial charge in [-0.15, -0.1) is 11.8 Å². The molecule has 0 radical (unpaired) electrons. The van der Waals surface area contributed by atoms with Crippen LogP contribution in [0.1, 0.15) is 22.3 Å². The Morgan fingerprint density at radius 1 is 0.746 bits per heavy atom. The van der Waals surface area contributed by atoms with Crippen molar-refractivity contribution in [2.75, 3.05) is 114 Å². The quantitative estimate of drug-likeness (QED) is 0.0482. The van der Waals surface area contributed by atoms with E-state index in [0.717, 1.165) is 113 Å². The molecule has 1 amide bonds. The molecule has 3 aliphatic rings. The molecular weight excluding hydrogens is 891 g/mol. The van der Waals surface area contributed by atoms with E-state index in [4.69, 9.17) is 14.2 Å². The third-order valence-corrected chi connectivity index (χ3v) is 14.9. The molecule has 0 spiro atoms. The van der Waals surface area contributed by atoms with Gasteiger partial charge in [0.1, 0.15) is 18.0 Å². The number of amides is 1. The molecule has 3 saturated heterocycles. The van der Waals surface area contributed by atoms with Crippen LogP contribution in [-0.2, 0) is 26.0 Å². The third-order valence-electron chi connectivity index (χ3n) is 12.4. The minimum Gasteiger partial charge on any atom is -0.492 e. The number of morpholine rings is 2. The maximum atomic E-state index is 13.5. The van der Waals surface area contributed by atoms with E-state index in [1.165, 1.54) is 23.3 Å². The summed E-state index contributed by atoms with van der Waals surface area (Å²) in [5, 5.41) is 15.7. The van der Waals surface area contributed by atoms with Gasteiger partial charge in [-0.1, -0.05) is 54.6 Å². The van der Waals surface area contributed by atoms with Crippen molar-refractivity contribution in [3.05, 3.63) is 143 Å². The lowest BCUT2D eigenvalue weighted by Gasteiger charge is -2.36. The third kappa shape index (κ3) is 13.6. The fraction of sp³-hybridized carbons (Fsp3) is 0.380. The molecule has 354 valence electrons. The Hall–Kier alpha value is -5.53. The van der Waals surface area contributed by atoms with Gasteiger partial charge in [-0.05, 0) is 83.8 Å². The molecule has 5 aromatic rings. The molecule has 0 aromatic heterocycles. The standard InChI is InChI=1S/C50H59N7O8S2/c58-50(52-67(61,62)46-18-19-48(49(36-46)57(59)60)51-42(20-21-53-26-31-63-32-27-53)38-66-45-7-2-1-3-8-45)40-10-14-43(15-11-40)56-24-22-55(23-25-56)37-41-6-4-5-9-47(41)39-12-16-44(17-13-39)65-35-30-54-28-33-64-34-29-54/h1-19,36,42,51H,20-35,37-38H2,(H,52,58)/t42-/m1/s1. The highest BCUT2D eigenvalue weighted by molar-refractivity contribution is 7.99. The SMILES string of the molecule is O=C(NS(=O)(=O)c1ccc(N[C@H](CCN2CCOCC2)CSc2ccccc2)c([N+](=O)[O-])c1)c1ccc(N2CCN(Cc3ccccc3-c3ccc(OCCN4CCOCC4)cc3)CC2)cc1. The molecule has 17 heteroatoms. The summed E-state index contributed by atoms with van der Waals surface area (Å²) in [6, 6.07) is 37.1. The van der Waals surface area contributed by atoms with Crippen LogP contribution in [0.5, 0.6) is 5.75 Å². The Kier molecular flexibility index (Phi) is 16.8. The van der Waals surface area contributed by atoms with E-state index < -0.39 is 26.5 Å². The lowest BCUT2D eigenvalue weighted by Crippen LogP contribution is -2.46. The van der Waals surface area contributed by atoms with Gasteiger partial charge in [0.25, 0.3) is 21.6 Å². The predicted octanol–water partition coefficient (Wildman–Crippen LogP) is 6.71. The van der Waals surface area contributed by atoms with E-state index in [1.54, 1.807) is 23.9 Å². The van der Waals surface area contributed by atoms with Gasteiger partial charge < -0.3 is 24.4 Å². The first-order valence-corrected chi connectivity index (χ1v) is 25.4. The zero-order valence-corrected chi connectivity index (χ0v) is 39.3. The van der Waals surface area contributed by atoms with Crippen molar-refractivity contribution in [2.45, 2.75) is 28.8 Å². The number of hydrogen-bond donors (Lipinski definition) is 2. The topological polar surface area (TPSA) is 159 Å². The van der Waals surface area contributed by atoms with Gasteiger partial charge in [0.15, 0.2) is 0 Å². The smallest absolute Gasteiger partial charge is 0.293 e. The van der Waals surface area contributed by atoms with E-state index >= 15 is 0 Å². The molecule has 67 heavy (non-hydrogen) atoms. The molecule has 3 heterocycles. The van der Waals surface area contributed by atoms with Crippen molar-refractivity contribution in [3.63, 3.8) is 0 Å². The molecule has 0 bridgehead atoms. The van der Waals surface area contributed by atoms with E-state index in [0.29, 0.717) is 32.0 Å². The van der Waals surface area contributed by atoms with Crippen molar-refractivity contribution < 1.29 is 32.3 Å². The number of benzene rings is 5. The summed E-state index contributed by atoms with van der Waals surface area (Å²) in [7, 11) is -4.45. The molecule has 3 aliphatic heterocycles. The van der Waals surface area contributed by atoms with Crippen LogP contribution < -0.4 is 19.7 Å². The van der Waals surface area contributed by atoms with Crippen LogP contribution in [-0.4, -0.2) is 144 Å². The summed E-state index contributed by atoms with van der Waals surface area (Å²) in [6.07, 6.45) is 0.710. The van der Waals surface area contributed by atoms with Crippen LogP contribution in [0, 0.1) is 10.1 Å². The number of hydrogen-bond acceptors (Lipinski definition) is 14. The number of carbonyl (C=O) groups excluding carboxylic acids is 1. The Morgan fingerprint density at radius 3 is 2.09 bits per heavy atom. The second kappa shape index (κ2) is 23.5. The number of sulfonamides is 1. The Balaban J connectivity index is 0.835. The molecule has 15 nitrogen and oxygen atoms in total. The lowest BCUT2D eigenvalue weighted by molar-refractivity contribution is -0.384. The highest BCUT2D eigenvalue weighted by atomic mass is 32.2. The van der Waals surface area contributed by atoms with Gasteiger partial charge in [-0.3, -0.25) is 29.6 Å². The molecule has 2 N–H and O–H groups in total. The van der Waals surface area contributed by atoms with Gasteiger partial charge in [0, 0.05) is 106 Å². The number of anilines is 2. The zero-order chi connectivity index (χ0) is 46.4. The normalized spacial score (nSPS) is 16.9. The van der Waals surface area contributed by atoms with Crippen molar-refractivity contribution in [2.24, 2.45) is 0 Å². The molecule has 0 saturated carbocycles. The Bertz CT molecular complexity index is 2500. The van der Waals surface area contributed by atoms with E-state index in [-0.39, 0.29) is 22.2 Å². The number of carbonyl (C=O) groups is 1. The number of nitro groups is 1. The fourth-order valence-electron chi connectivity index (χ4n) is 8.50. The average molecular weight is 950 g/mol. The van der Waals surface area contributed by atoms with Gasteiger partial charge in [-0.2, -0.15) is 0 Å². The van der Waals surface area contributed by atoms with Crippen LogP contribution in [0.2, 0.25) is 0 Å². The summed E-state index contributed by atoms with van der Waals surface area (Å²) in [4.78, 5) is 35.1. The number of nitrogens with one attached hydrogen (secondary N) is 2. The minimum absolute atomic E-state index is 0.155. The van der Waals surface area contributed by atoms with Gasteiger partial charge in [0.2, 0.25) is 0 Å². The molecule has 1 atom stereocenters. The number of rotatable bonds is 20. The largest absolute Gasteiger partial charge is 0.492 e. The van der Waals surface area contributed by atoms with E-state index in [9.17, 15) is 23.3 Å². The summed E-state index contributed by atoms with van der Waals surface area (Å²) in [6.45, 7) is 12.8.